The van der Waals surface area contributed by atoms with Gasteiger partial charge in [0.15, 0.2) is 6.61 Å². The summed E-state index contributed by atoms with van der Waals surface area (Å²) in [7, 11) is 0. The highest BCUT2D eigenvalue weighted by atomic mass is 32.2. The Hall–Kier alpha value is -3.47. The van der Waals surface area contributed by atoms with E-state index in [1.165, 1.54) is 17.8 Å². The Morgan fingerprint density at radius 3 is 2.67 bits per heavy atom. The summed E-state index contributed by atoms with van der Waals surface area (Å²) in [6, 6.07) is 9.40. The van der Waals surface area contributed by atoms with Gasteiger partial charge in [-0.25, -0.2) is 5.01 Å². The number of nitrogens with one attached hydrogen (secondary N) is 1. The first-order chi connectivity index (χ1) is 15.6. The predicted molar refractivity (Wildman–Crippen MR) is 124 cm³/mol. The van der Waals surface area contributed by atoms with Crippen LogP contribution in [0.15, 0.2) is 41.6 Å². The van der Waals surface area contributed by atoms with Gasteiger partial charge in [-0.1, -0.05) is 26.0 Å². The van der Waals surface area contributed by atoms with Crippen LogP contribution in [0.25, 0.3) is 0 Å². The van der Waals surface area contributed by atoms with E-state index in [0.717, 1.165) is 10.6 Å². The molecule has 11 heteroatoms. The smallest absolute Gasteiger partial charge is 0.276 e. The molecule has 0 radical (unpaired) electrons. The van der Waals surface area contributed by atoms with E-state index >= 15 is 0 Å². The summed E-state index contributed by atoms with van der Waals surface area (Å²) in [5.74, 6) is -0.497. The summed E-state index contributed by atoms with van der Waals surface area (Å²) in [4.78, 5) is 47.3. The number of nitroso groups, excluding NO2 is 1. The second kappa shape index (κ2) is 9.99. The van der Waals surface area contributed by atoms with Crippen LogP contribution in [-0.2, 0) is 9.59 Å². The Morgan fingerprint density at radius 2 is 2.03 bits per heavy atom. The van der Waals surface area contributed by atoms with Crippen molar-refractivity contribution < 1.29 is 19.2 Å². The Bertz CT molecular complexity index is 1110. The lowest BCUT2D eigenvalue weighted by molar-refractivity contribution is -0.385. The zero-order chi connectivity index (χ0) is 24.3. The lowest BCUT2D eigenvalue weighted by atomic mass is 9.99. The molecule has 1 N–H and O–H groups in total. The van der Waals surface area contributed by atoms with E-state index < -0.39 is 21.5 Å². The molecule has 1 aliphatic rings. The molecule has 33 heavy (non-hydrogen) atoms. The third-order valence-electron chi connectivity index (χ3n) is 5.20. The van der Waals surface area contributed by atoms with Gasteiger partial charge >= 0.3 is 0 Å². The van der Waals surface area contributed by atoms with Gasteiger partial charge in [-0.15, -0.1) is 16.7 Å². The van der Waals surface area contributed by atoms with Gasteiger partial charge in [-0.2, -0.15) is 0 Å². The van der Waals surface area contributed by atoms with Gasteiger partial charge in [0.25, 0.3) is 17.5 Å². The van der Waals surface area contributed by atoms with E-state index in [0.29, 0.717) is 22.6 Å². The van der Waals surface area contributed by atoms with Gasteiger partial charge < -0.3 is 4.74 Å². The van der Waals surface area contributed by atoms with Gasteiger partial charge in [-0.05, 0) is 54.3 Å². The molecule has 0 bridgehead atoms. The Labute approximate surface area is 194 Å². The molecule has 2 aromatic carbocycles. The number of aryl methyl sites for hydroxylation is 1. The van der Waals surface area contributed by atoms with Crippen LogP contribution in [0.4, 0.5) is 11.4 Å². The van der Waals surface area contributed by atoms with Crippen molar-refractivity contribution in [1.29, 1.82) is 0 Å². The second-order valence-electron chi connectivity index (χ2n) is 7.90. The maximum Gasteiger partial charge on any atom is 0.276 e. The number of carbonyl (C=O) groups excluding carboxylic acids is 2. The first-order valence-electron chi connectivity index (χ1n) is 10.3. The number of ether oxygens (including phenoxy) is 1. The molecule has 2 aromatic rings. The average molecular weight is 473 g/mol. The van der Waals surface area contributed by atoms with Gasteiger partial charge in [0.1, 0.15) is 16.8 Å². The molecule has 1 heterocycles. The highest BCUT2D eigenvalue weighted by Gasteiger charge is 2.42. The lowest BCUT2D eigenvalue weighted by Crippen LogP contribution is -2.47. The maximum atomic E-state index is 12.7. The van der Waals surface area contributed by atoms with Crippen LogP contribution in [0.3, 0.4) is 0 Å². The van der Waals surface area contributed by atoms with Crippen molar-refractivity contribution in [2.45, 2.75) is 44.2 Å². The summed E-state index contributed by atoms with van der Waals surface area (Å²) >= 11 is 1.21. The molecular formula is C22H24N4O6S. The van der Waals surface area contributed by atoms with Crippen LogP contribution in [0.2, 0.25) is 0 Å². The highest BCUT2D eigenvalue weighted by Crippen LogP contribution is 2.44. The van der Waals surface area contributed by atoms with Crippen LogP contribution in [0.5, 0.6) is 5.75 Å². The van der Waals surface area contributed by atoms with Gasteiger partial charge in [0.2, 0.25) is 0 Å². The van der Waals surface area contributed by atoms with Crippen LogP contribution in [0.1, 0.15) is 48.8 Å². The molecule has 1 fully saturated rings. The number of amides is 2. The number of para-hydroxylation sites is 1. The van der Waals surface area contributed by atoms with Crippen LogP contribution < -0.4 is 10.2 Å². The molecule has 0 aliphatic carbocycles. The first-order valence-corrected chi connectivity index (χ1v) is 11.2. The number of hydrogen-bond donors (Lipinski definition) is 1. The zero-order valence-electron chi connectivity index (χ0n) is 18.6. The van der Waals surface area contributed by atoms with Crippen molar-refractivity contribution in [3.8, 4) is 5.75 Å². The van der Waals surface area contributed by atoms with Crippen molar-refractivity contribution in [3.63, 3.8) is 0 Å². The van der Waals surface area contributed by atoms with Crippen LogP contribution in [-0.4, -0.2) is 33.6 Å². The quantitative estimate of drug-likeness (QED) is 0.340. The molecule has 3 rings (SSSR count). The summed E-state index contributed by atoms with van der Waals surface area (Å²) in [5.41, 5.74) is 4.37. The van der Waals surface area contributed by atoms with Crippen molar-refractivity contribution in [2.75, 3.05) is 6.61 Å². The topological polar surface area (TPSA) is 131 Å². The van der Waals surface area contributed by atoms with Crippen molar-refractivity contribution in [1.82, 2.24) is 10.4 Å². The zero-order valence-corrected chi connectivity index (χ0v) is 19.4. The normalized spacial score (nSPS) is 17.8. The molecule has 2 amide bonds. The third-order valence-corrected chi connectivity index (χ3v) is 6.54. The molecule has 10 nitrogen and oxygen atoms in total. The lowest BCUT2D eigenvalue weighted by Gasteiger charge is -2.24. The van der Waals surface area contributed by atoms with E-state index in [2.05, 4.69) is 10.6 Å². The molecule has 0 aromatic heterocycles. The van der Waals surface area contributed by atoms with E-state index in [1.807, 2.05) is 13.8 Å². The SMILES string of the molecule is Cc1cc(OCC(=O)NN2C(=O)C(C)SC2c2ccccc2[N+](=O)[O-])c(C(C)C)cc1N=O. The number of benzene rings is 2. The molecule has 2 unspecified atom stereocenters. The number of carbonyl (C=O) groups is 2. The van der Waals surface area contributed by atoms with Crippen LogP contribution >= 0.6 is 11.8 Å². The van der Waals surface area contributed by atoms with E-state index in [4.69, 9.17) is 4.74 Å². The van der Waals surface area contributed by atoms with E-state index in [9.17, 15) is 24.6 Å². The van der Waals surface area contributed by atoms with Crippen molar-refractivity contribution in [2.24, 2.45) is 5.18 Å². The molecule has 174 valence electrons. The maximum absolute atomic E-state index is 12.7. The fraction of sp³-hybridized carbons (Fsp3) is 0.364. The monoisotopic (exact) mass is 472 g/mol. The van der Waals surface area contributed by atoms with Gasteiger partial charge in [0, 0.05) is 6.07 Å². The predicted octanol–water partition coefficient (Wildman–Crippen LogP) is 4.50. The van der Waals surface area contributed by atoms with E-state index in [1.54, 1.807) is 44.2 Å². The third kappa shape index (κ3) is 5.14. The molecule has 2 atom stereocenters. The van der Waals surface area contributed by atoms with Gasteiger partial charge in [0.05, 0.1) is 15.7 Å². The summed E-state index contributed by atoms with van der Waals surface area (Å²) < 4.78 is 5.71. The fourth-order valence-corrected chi connectivity index (χ4v) is 4.72. The summed E-state index contributed by atoms with van der Waals surface area (Å²) in [5, 5.41) is 14.3. The molecule has 0 spiro atoms. The highest BCUT2D eigenvalue weighted by molar-refractivity contribution is 8.01. The van der Waals surface area contributed by atoms with E-state index in [-0.39, 0.29) is 24.1 Å². The minimum Gasteiger partial charge on any atom is -0.483 e. The number of thioether (sulfide) groups is 1. The van der Waals surface area contributed by atoms with Gasteiger partial charge in [-0.3, -0.25) is 25.1 Å². The number of nitro groups is 1. The number of hydrazine groups is 1. The first kappa shape index (κ1) is 24.2. The number of rotatable bonds is 8. The Balaban J connectivity index is 1.78. The summed E-state index contributed by atoms with van der Waals surface area (Å²) in [6.45, 7) is 6.85. The Kier molecular flexibility index (Phi) is 7.32. The minimum absolute atomic E-state index is 0.0181. The molecule has 1 aliphatic heterocycles. The largest absolute Gasteiger partial charge is 0.483 e. The Morgan fingerprint density at radius 1 is 1.33 bits per heavy atom. The standard InChI is InChI=1S/C22H24N4O6S/c1-12(2)16-10-17(24-29)13(3)9-19(16)32-11-20(27)23-25-21(28)14(4)33-22(25)15-7-5-6-8-18(15)26(30)31/h5-10,12,14,22H,11H2,1-4H3,(H,23,27). The second-order valence-corrected chi connectivity index (χ2v) is 9.33. The summed E-state index contributed by atoms with van der Waals surface area (Å²) in [6.07, 6.45) is 0. The van der Waals surface area contributed by atoms with Crippen LogP contribution in [0, 0.1) is 21.9 Å². The number of nitrogens with zero attached hydrogens (tertiary/aromatic N) is 3. The number of nitro benzene ring substituents is 1. The molecule has 0 saturated carbocycles. The van der Waals surface area contributed by atoms with Crippen molar-refractivity contribution in [3.05, 3.63) is 68.1 Å². The molecule has 1 saturated heterocycles. The number of hydrogen-bond acceptors (Lipinski definition) is 8. The fourth-order valence-electron chi connectivity index (χ4n) is 3.48. The minimum atomic E-state index is -0.746. The average Bonchev–Trinajstić information content (AvgIpc) is 3.05. The molecular weight excluding hydrogens is 448 g/mol. The van der Waals surface area contributed by atoms with Crippen molar-refractivity contribution >= 4 is 35.0 Å².